The average molecular weight is 600 g/mol. The summed E-state index contributed by atoms with van der Waals surface area (Å²) in [5.74, 6) is 2.06. The number of rotatable bonds is 21. The van der Waals surface area contributed by atoms with Crippen molar-refractivity contribution in [2.45, 2.75) is 106 Å². The molecule has 0 aromatic heterocycles. The minimum absolute atomic E-state index is 0.150. The topological polar surface area (TPSA) is 45.2 Å². The molecule has 1 aliphatic heterocycles. The van der Waals surface area contributed by atoms with Gasteiger partial charge in [-0.1, -0.05) is 34.9 Å². The number of nitrogens with zero attached hydrogens (tertiary/aromatic N) is 3. The first-order chi connectivity index (χ1) is 18.9. The Bertz CT molecular complexity index is 802. The summed E-state index contributed by atoms with van der Waals surface area (Å²) in [5.41, 5.74) is 4.36. The van der Waals surface area contributed by atoms with Crippen LogP contribution < -0.4 is 0 Å². The minimum Gasteiger partial charge on any atom is -0.304 e. The Labute approximate surface area is 252 Å². The largest absolute Gasteiger partial charge is 0.408 e. The Hall–Kier alpha value is -0.400. The van der Waals surface area contributed by atoms with E-state index >= 15 is 0 Å². The van der Waals surface area contributed by atoms with Crippen LogP contribution >= 0.6 is 19.5 Å². The summed E-state index contributed by atoms with van der Waals surface area (Å²) >= 11 is 1.95. The van der Waals surface area contributed by atoms with Crippen molar-refractivity contribution in [2.75, 3.05) is 64.4 Å². The van der Waals surface area contributed by atoms with Gasteiger partial charge in [0.2, 0.25) is 0 Å². The number of hydrogen-bond acceptors (Lipinski definition) is 6. The summed E-state index contributed by atoms with van der Waals surface area (Å²) in [6, 6.07) is 0. The lowest BCUT2D eigenvalue weighted by molar-refractivity contribution is 0.102. The highest BCUT2D eigenvalue weighted by Crippen LogP contribution is 2.54. The molecular formula is C32H62N3O3PS. The molecule has 0 N–H and O–H groups in total. The van der Waals surface area contributed by atoms with Crippen molar-refractivity contribution in [1.82, 2.24) is 14.5 Å². The van der Waals surface area contributed by atoms with E-state index in [9.17, 15) is 4.57 Å². The van der Waals surface area contributed by atoms with E-state index in [4.69, 9.17) is 9.05 Å². The first kappa shape index (κ1) is 37.6. The van der Waals surface area contributed by atoms with Gasteiger partial charge in [0.15, 0.2) is 0 Å². The zero-order chi connectivity index (χ0) is 30.0. The molecular weight excluding hydrogens is 537 g/mol. The van der Waals surface area contributed by atoms with E-state index in [1.165, 1.54) is 16.7 Å². The molecule has 1 heterocycles. The summed E-state index contributed by atoms with van der Waals surface area (Å²) in [6.45, 7) is 23.5. The third-order valence-corrected chi connectivity index (χ3v) is 10.3. The van der Waals surface area contributed by atoms with E-state index in [1.54, 1.807) is 0 Å². The van der Waals surface area contributed by atoms with Crippen molar-refractivity contribution in [1.29, 1.82) is 0 Å². The summed E-state index contributed by atoms with van der Waals surface area (Å²) in [5, 5.41) is 0. The quantitative estimate of drug-likeness (QED) is 0.0745. The smallest absolute Gasteiger partial charge is 0.304 e. The molecule has 234 valence electrons. The molecule has 0 aromatic rings. The van der Waals surface area contributed by atoms with Crippen LogP contribution in [0.4, 0.5) is 0 Å². The van der Waals surface area contributed by atoms with Crippen LogP contribution in [0.15, 0.2) is 34.9 Å². The second-order valence-electron chi connectivity index (χ2n) is 12.1. The van der Waals surface area contributed by atoms with Crippen LogP contribution in [0.3, 0.4) is 0 Å². The third-order valence-electron chi connectivity index (χ3n) is 6.90. The van der Waals surface area contributed by atoms with Gasteiger partial charge in [0.05, 0.1) is 12.2 Å². The first-order valence-corrected chi connectivity index (χ1v) is 18.2. The van der Waals surface area contributed by atoms with Crippen LogP contribution in [0.5, 0.6) is 0 Å². The molecule has 0 atom stereocenters. The summed E-state index contributed by atoms with van der Waals surface area (Å²) in [6.07, 6.45) is 13.3. The lowest BCUT2D eigenvalue weighted by atomic mass is 10.1. The molecule has 0 bridgehead atoms. The Balaban J connectivity index is 2.52. The van der Waals surface area contributed by atoms with Gasteiger partial charge >= 0.3 is 7.75 Å². The Kier molecular flexibility index (Phi) is 20.0. The fraction of sp³-hybridized carbons (Fsp3) is 0.812. The minimum atomic E-state index is -3.35. The molecule has 0 spiro atoms. The molecule has 1 aliphatic rings. The Morgan fingerprint density at radius 3 is 1.98 bits per heavy atom. The van der Waals surface area contributed by atoms with E-state index in [0.717, 1.165) is 95.8 Å². The van der Waals surface area contributed by atoms with Gasteiger partial charge in [0, 0.05) is 45.0 Å². The van der Waals surface area contributed by atoms with Gasteiger partial charge in [-0.25, -0.2) is 9.24 Å². The van der Waals surface area contributed by atoms with E-state index in [1.807, 2.05) is 44.1 Å². The van der Waals surface area contributed by atoms with Crippen molar-refractivity contribution in [2.24, 2.45) is 0 Å². The normalized spacial score (nSPS) is 16.5. The number of thioether (sulfide) groups is 1. The standard InChI is InChI=1S/C32H62N3O3PS/c1-28(2)14-10-15-31(7)16-11-17-32(8)18-27-40-26-13-21-35(39(36,37-29(3)4)38-30(5)6)20-12-19-34-24-22-33(9)23-25-34/h14,16,18,29-30H,10-13,15,17,19-27H2,1-9H3/b31-16+,32-18+. The molecule has 1 rings (SSSR count). The maximum absolute atomic E-state index is 13.9. The lowest BCUT2D eigenvalue weighted by Crippen LogP contribution is -2.45. The second-order valence-corrected chi connectivity index (χ2v) is 15.2. The van der Waals surface area contributed by atoms with Gasteiger partial charge in [0.1, 0.15) is 0 Å². The Morgan fingerprint density at radius 2 is 1.40 bits per heavy atom. The molecule has 6 nitrogen and oxygen atoms in total. The van der Waals surface area contributed by atoms with Crippen LogP contribution in [-0.4, -0.2) is 91.0 Å². The number of piperazine rings is 1. The molecule has 1 fully saturated rings. The van der Waals surface area contributed by atoms with Gasteiger partial charge in [-0.2, -0.15) is 11.8 Å². The van der Waals surface area contributed by atoms with Crippen molar-refractivity contribution < 1.29 is 13.6 Å². The van der Waals surface area contributed by atoms with Gasteiger partial charge in [0.25, 0.3) is 0 Å². The number of allylic oxidation sites excluding steroid dienone is 5. The SMILES string of the molecule is CC(C)=CCC/C(C)=C/CC/C(C)=C/CSCCCN(CCCN1CCN(C)CC1)P(=O)(OC(C)C)OC(C)C. The summed E-state index contributed by atoms with van der Waals surface area (Å²) in [7, 11) is -1.16. The van der Waals surface area contributed by atoms with Gasteiger partial charge in [-0.3, -0.25) is 9.05 Å². The van der Waals surface area contributed by atoms with Crippen LogP contribution in [0.25, 0.3) is 0 Å². The molecule has 0 aliphatic carbocycles. The van der Waals surface area contributed by atoms with E-state index in [2.05, 4.69) is 62.8 Å². The Morgan fingerprint density at radius 1 is 0.850 bits per heavy atom. The van der Waals surface area contributed by atoms with E-state index in [0.29, 0.717) is 0 Å². The molecule has 0 saturated carbocycles. The third kappa shape index (κ3) is 18.2. The predicted molar refractivity (Wildman–Crippen MR) is 178 cm³/mol. The van der Waals surface area contributed by atoms with Crippen molar-refractivity contribution in [3.63, 3.8) is 0 Å². The van der Waals surface area contributed by atoms with Crippen LogP contribution in [0, 0.1) is 0 Å². The monoisotopic (exact) mass is 599 g/mol. The van der Waals surface area contributed by atoms with E-state index < -0.39 is 7.75 Å². The highest BCUT2D eigenvalue weighted by molar-refractivity contribution is 7.99. The first-order valence-electron chi connectivity index (χ1n) is 15.6. The van der Waals surface area contributed by atoms with Crippen molar-refractivity contribution in [3.05, 3.63) is 34.9 Å². The summed E-state index contributed by atoms with van der Waals surface area (Å²) in [4.78, 5) is 4.90. The fourth-order valence-electron chi connectivity index (χ4n) is 4.57. The lowest BCUT2D eigenvalue weighted by Gasteiger charge is -2.35. The summed E-state index contributed by atoms with van der Waals surface area (Å²) < 4.78 is 27.9. The fourth-order valence-corrected chi connectivity index (χ4v) is 7.63. The molecule has 0 unspecified atom stereocenters. The number of likely N-dealkylation sites (N-methyl/N-ethyl adjacent to an activating group) is 1. The molecule has 40 heavy (non-hydrogen) atoms. The zero-order valence-electron chi connectivity index (χ0n) is 27.4. The second kappa shape index (κ2) is 21.3. The van der Waals surface area contributed by atoms with Crippen molar-refractivity contribution in [3.8, 4) is 0 Å². The molecule has 0 radical (unpaired) electrons. The van der Waals surface area contributed by atoms with E-state index in [-0.39, 0.29) is 12.2 Å². The molecule has 8 heteroatoms. The van der Waals surface area contributed by atoms with Gasteiger partial charge in [-0.05, 0) is 113 Å². The predicted octanol–water partition coefficient (Wildman–Crippen LogP) is 8.43. The number of hydrogen-bond donors (Lipinski definition) is 0. The maximum atomic E-state index is 13.9. The van der Waals surface area contributed by atoms with Crippen LogP contribution in [0.2, 0.25) is 0 Å². The van der Waals surface area contributed by atoms with Gasteiger partial charge < -0.3 is 9.80 Å². The maximum Gasteiger partial charge on any atom is 0.408 e. The van der Waals surface area contributed by atoms with Crippen LogP contribution in [0.1, 0.15) is 93.9 Å². The highest BCUT2D eigenvalue weighted by atomic mass is 32.2. The zero-order valence-corrected chi connectivity index (χ0v) is 29.1. The average Bonchev–Trinajstić information content (AvgIpc) is 2.84. The molecule has 0 aromatic carbocycles. The molecule has 0 amide bonds. The van der Waals surface area contributed by atoms with Crippen molar-refractivity contribution >= 4 is 19.5 Å². The van der Waals surface area contributed by atoms with Crippen LogP contribution in [-0.2, 0) is 13.6 Å². The molecule has 1 saturated heterocycles. The highest BCUT2D eigenvalue weighted by Gasteiger charge is 2.35. The van der Waals surface area contributed by atoms with Gasteiger partial charge in [-0.15, -0.1) is 0 Å².